The molecular weight excluding hydrogens is 180 g/mol. The molecule has 0 aliphatic heterocycles. The number of methoxy groups -OCH3 is 1. The number of aromatic hydroxyl groups is 1. The number of hydrogen-bond donors (Lipinski definition) is 1. The lowest BCUT2D eigenvalue weighted by Gasteiger charge is -2.09. The van der Waals surface area contributed by atoms with E-state index in [1.807, 2.05) is 19.9 Å². The first-order valence-corrected chi connectivity index (χ1v) is 4.28. The molecule has 1 heterocycles. The van der Waals surface area contributed by atoms with E-state index in [1.54, 1.807) is 0 Å². The van der Waals surface area contributed by atoms with Gasteiger partial charge in [0.2, 0.25) is 5.88 Å². The molecule has 4 heteroatoms. The second kappa shape index (κ2) is 3.97. The molecule has 1 aromatic heterocycles. The molecule has 0 spiro atoms. The number of pyridine rings is 1. The Labute approximate surface area is 82.8 Å². The topological polar surface area (TPSA) is 66.1 Å². The molecule has 1 aromatic rings. The Kier molecular flexibility index (Phi) is 2.92. The van der Waals surface area contributed by atoms with E-state index in [0.717, 1.165) is 0 Å². The summed E-state index contributed by atoms with van der Waals surface area (Å²) >= 11 is 0. The van der Waals surface area contributed by atoms with Gasteiger partial charge in [-0.3, -0.25) is 0 Å². The third-order valence-corrected chi connectivity index (χ3v) is 1.86. The molecule has 1 N–H and O–H groups in total. The molecule has 0 amide bonds. The summed E-state index contributed by atoms with van der Waals surface area (Å²) in [4.78, 5) is 4.07. The Morgan fingerprint density at radius 2 is 2.21 bits per heavy atom. The molecule has 0 aliphatic rings. The standard InChI is InChI=1S/C10H12N2O2/c1-6(2)9-8(13)4-7(5-11)10(12-9)14-3/h4,6,13H,1-3H3. The second-order valence-electron chi connectivity index (χ2n) is 3.22. The molecule has 0 radical (unpaired) electrons. The van der Waals surface area contributed by atoms with Crippen LogP contribution in [0.2, 0.25) is 0 Å². The quantitative estimate of drug-likeness (QED) is 0.775. The minimum Gasteiger partial charge on any atom is -0.506 e. The van der Waals surface area contributed by atoms with Crippen molar-refractivity contribution in [2.75, 3.05) is 7.11 Å². The fourth-order valence-corrected chi connectivity index (χ4v) is 1.16. The van der Waals surface area contributed by atoms with Crippen LogP contribution in [0.4, 0.5) is 0 Å². The van der Waals surface area contributed by atoms with Crippen LogP contribution in [0.15, 0.2) is 6.07 Å². The normalized spacial score (nSPS) is 9.93. The summed E-state index contributed by atoms with van der Waals surface area (Å²) in [6.07, 6.45) is 0. The molecule has 0 unspecified atom stereocenters. The van der Waals surface area contributed by atoms with E-state index in [-0.39, 0.29) is 23.1 Å². The largest absolute Gasteiger partial charge is 0.506 e. The van der Waals surface area contributed by atoms with E-state index in [4.69, 9.17) is 10.00 Å². The van der Waals surface area contributed by atoms with Gasteiger partial charge in [-0.25, -0.2) is 4.98 Å². The summed E-state index contributed by atoms with van der Waals surface area (Å²) in [5, 5.41) is 18.3. The first kappa shape index (κ1) is 10.3. The van der Waals surface area contributed by atoms with E-state index in [9.17, 15) is 5.11 Å². The average molecular weight is 192 g/mol. The minimum absolute atomic E-state index is 0.0392. The third-order valence-electron chi connectivity index (χ3n) is 1.86. The van der Waals surface area contributed by atoms with Crippen molar-refractivity contribution in [3.63, 3.8) is 0 Å². The highest BCUT2D eigenvalue weighted by Gasteiger charge is 2.13. The van der Waals surface area contributed by atoms with Gasteiger partial charge >= 0.3 is 0 Å². The molecule has 0 saturated carbocycles. The van der Waals surface area contributed by atoms with Gasteiger partial charge in [0.25, 0.3) is 0 Å². The zero-order chi connectivity index (χ0) is 10.7. The van der Waals surface area contributed by atoms with E-state index < -0.39 is 0 Å². The molecule has 1 rings (SSSR count). The second-order valence-corrected chi connectivity index (χ2v) is 3.22. The van der Waals surface area contributed by atoms with Gasteiger partial charge in [-0.05, 0) is 5.92 Å². The molecular formula is C10H12N2O2. The lowest BCUT2D eigenvalue weighted by Crippen LogP contribution is -1.99. The zero-order valence-electron chi connectivity index (χ0n) is 8.40. The van der Waals surface area contributed by atoms with Crippen molar-refractivity contribution in [3.05, 3.63) is 17.3 Å². The van der Waals surface area contributed by atoms with Crippen molar-refractivity contribution in [2.24, 2.45) is 0 Å². The predicted molar refractivity (Wildman–Crippen MR) is 51.3 cm³/mol. The van der Waals surface area contributed by atoms with E-state index in [0.29, 0.717) is 5.69 Å². The van der Waals surface area contributed by atoms with Crippen LogP contribution in [0.25, 0.3) is 0 Å². The van der Waals surface area contributed by atoms with Gasteiger partial charge in [-0.2, -0.15) is 5.26 Å². The summed E-state index contributed by atoms with van der Waals surface area (Å²) in [5.74, 6) is 0.392. The van der Waals surface area contributed by atoms with Crippen molar-refractivity contribution >= 4 is 0 Å². The summed E-state index contributed by atoms with van der Waals surface area (Å²) < 4.78 is 4.94. The molecule has 0 aliphatic carbocycles. The average Bonchev–Trinajstić information content (AvgIpc) is 2.16. The molecule has 4 nitrogen and oxygen atoms in total. The van der Waals surface area contributed by atoms with Crippen LogP contribution >= 0.6 is 0 Å². The predicted octanol–water partition coefficient (Wildman–Crippen LogP) is 1.79. The van der Waals surface area contributed by atoms with Gasteiger partial charge < -0.3 is 9.84 Å². The van der Waals surface area contributed by atoms with Crippen LogP contribution in [0, 0.1) is 11.3 Å². The maximum atomic E-state index is 9.54. The Morgan fingerprint density at radius 3 is 2.64 bits per heavy atom. The molecule has 14 heavy (non-hydrogen) atoms. The van der Waals surface area contributed by atoms with E-state index >= 15 is 0 Å². The molecule has 74 valence electrons. The molecule has 0 atom stereocenters. The molecule has 0 saturated heterocycles. The number of nitriles is 1. The van der Waals surface area contributed by atoms with Crippen molar-refractivity contribution in [2.45, 2.75) is 19.8 Å². The Morgan fingerprint density at radius 1 is 1.57 bits per heavy atom. The Balaban J connectivity index is 3.32. The van der Waals surface area contributed by atoms with Crippen LogP contribution in [0.3, 0.4) is 0 Å². The zero-order valence-corrected chi connectivity index (χ0v) is 8.40. The van der Waals surface area contributed by atoms with Crippen LogP contribution in [-0.2, 0) is 0 Å². The van der Waals surface area contributed by atoms with Gasteiger partial charge in [0.05, 0.1) is 12.8 Å². The summed E-state index contributed by atoms with van der Waals surface area (Å²) in [7, 11) is 1.45. The molecule has 0 fully saturated rings. The summed E-state index contributed by atoms with van der Waals surface area (Å²) in [6.45, 7) is 3.82. The first-order valence-electron chi connectivity index (χ1n) is 4.28. The molecule has 0 aromatic carbocycles. The Hall–Kier alpha value is -1.76. The van der Waals surface area contributed by atoms with Gasteiger partial charge in [0.1, 0.15) is 17.4 Å². The fraction of sp³-hybridized carbons (Fsp3) is 0.400. The smallest absolute Gasteiger partial charge is 0.231 e. The lowest BCUT2D eigenvalue weighted by atomic mass is 10.1. The van der Waals surface area contributed by atoms with Gasteiger partial charge in [-0.1, -0.05) is 13.8 Å². The fourth-order valence-electron chi connectivity index (χ4n) is 1.16. The Bertz CT molecular complexity index is 380. The van der Waals surface area contributed by atoms with Crippen molar-refractivity contribution < 1.29 is 9.84 Å². The SMILES string of the molecule is COc1nc(C(C)C)c(O)cc1C#N. The first-order chi connectivity index (χ1) is 6.60. The van der Waals surface area contributed by atoms with E-state index in [1.165, 1.54) is 13.2 Å². The van der Waals surface area contributed by atoms with Crippen molar-refractivity contribution in [1.29, 1.82) is 5.26 Å². The third kappa shape index (κ3) is 1.77. The van der Waals surface area contributed by atoms with Gasteiger partial charge in [0, 0.05) is 6.07 Å². The maximum Gasteiger partial charge on any atom is 0.231 e. The summed E-state index contributed by atoms with van der Waals surface area (Å²) in [6, 6.07) is 3.28. The van der Waals surface area contributed by atoms with Crippen LogP contribution in [0.5, 0.6) is 11.6 Å². The van der Waals surface area contributed by atoms with Crippen molar-refractivity contribution in [1.82, 2.24) is 4.98 Å². The number of rotatable bonds is 2. The number of hydrogen-bond acceptors (Lipinski definition) is 4. The number of nitrogens with zero attached hydrogens (tertiary/aromatic N) is 2. The molecule has 0 bridgehead atoms. The summed E-state index contributed by atoms with van der Waals surface area (Å²) in [5.41, 5.74) is 0.787. The highest BCUT2D eigenvalue weighted by molar-refractivity contribution is 5.45. The number of ether oxygens (including phenoxy) is 1. The number of aromatic nitrogens is 1. The van der Waals surface area contributed by atoms with Crippen molar-refractivity contribution in [3.8, 4) is 17.7 Å². The lowest BCUT2D eigenvalue weighted by molar-refractivity contribution is 0.388. The van der Waals surface area contributed by atoms with Gasteiger partial charge in [-0.15, -0.1) is 0 Å². The van der Waals surface area contributed by atoms with E-state index in [2.05, 4.69) is 4.98 Å². The highest BCUT2D eigenvalue weighted by atomic mass is 16.5. The van der Waals surface area contributed by atoms with Crippen LogP contribution < -0.4 is 4.74 Å². The van der Waals surface area contributed by atoms with Gasteiger partial charge in [0.15, 0.2) is 0 Å². The monoisotopic (exact) mass is 192 g/mol. The van der Waals surface area contributed by atoms with Crippen LogP contribution in [-0.4, -0.2) is 17.2 Å². The maximum absolute atomic E-state index is 9.54. The minimum atomic E-state index is 0.0392. The highest BCUT2D eigenvalue weighted by Crippen LogP contribution is 2.28. The van der Waals surface area contributed by atoms with Crippen LogP contribution in [0.1, 0.15) is 31.0 Å².